The topological polar surface area (TPSA) is 253 Å². The molecule has 2 aliphatic heterocycles. The molecule has 1 aromatic carbocycles. The molecular weight excluding hydrogens is 804 g/mol. The van der Waals surface area contributed by atoms with Crippen molar-refractivity contribution in [2.24, 2.45) is 5.92 Å². The summed E-state index contributed by atoms with van der Waals surface area (Å²) >= 11 is 0. The van der Waals surface area contributed by atoms with Crippen LogP contribution in [0.4, 0.5) is 29.9 Å². The van der Waals surface area contributed by atoms with Gasteiger partial charge in [0.15, 0.2) is 11.4 Å². The van der Waals surface area contributed by atoms with Crippen molar-refractivity contribution < 1.29 is 51.4 Å². The van der Waals surface area contributed by atoms with E-state index in [0.717, 1.165) is 30.1 Å². The van der Waals surface area contributed by atoms with E-state index in [4.69, 9.17) is 13.9 Å². The van der Waals surface area contributed by atoms with Crippen molar-refractivity contribution in [2.45, 2.75) is 51.2 Å². The fourth-order valence-corrected chi connectivity index (χ4v) is 6.53. The number of hydrogen-bond acceptors (Lipinski definition) is 13. The van der Waals surface area contributed by atoms with Crippen LogP contribution in [0.1, 0.15) is 69.8 Å². The predicted octanol–water partition coefficient (Wildman–Crippen LogP) is 2.80. The number of amides is 7. The van der Waals surface area contributed by atoms with Crippen LogP contribution in [0, 0.1) is 5.92 Å². The molecular formula is C39H43F2N11O9. The standard InChI is InChI=1S/C39H43F2N11O9/c40-33(41)32-27(47-34(54)28-21-61-36(48-28)24-7-8-42-30(16-24)45-17-22-1-2-22)20-52(50-32)39(58)44-10-12-60-14-13-59-11-9-43-38(57)46-18-23-3-4-26-25(15-23)19-51(37(26)56)29-5-6-31(53)49-35(29)55/h3-4,7-8,15-16,20-22,29,33H,1-2,5-6,9-14,17-19H2,(H,42,45)(H,44,58)(H,47,54)(H2,43,46,57)(H,49,53,55). The van der Waals surface area contributed by atoms with Gasteiger partial charge in [-0.05, 0) is 54.5 Å². The van der Waals surface area contributed by atoms with Crippen molar-refractivity contribution in [1.29, 1.82) is 0 Å². The Morgan fingerprint density at radius 2 is 1.75 bits per heavy atom. The fraction of sp³-hybridized carbons (Fsp3) is 0.410. The van der Waals surface area contributed by atoms with Crippen LogP contribution in [0.5, 0.6) is 0 Å². The van der Waals surface area contributed by atoms with Gasteiger partial charge in [-0.15, -0.1) is 0 Å². The average Bonchev–Trinajstić information content (AvgIpc) is 3.60. The van der Waals surface area contributed by atoms with Crippen molar-refractivity contribution in [3.05, 3.63) is 77.1 Å². The zero-order valence-corrected chi connectivity index (χ0v) is 32.7. The van der Waals surface area contributed by atoms with Crippen LogP contribution in [0.3, 0.4) is 0 Å². The van der Waals surface area contributed by atoms with Gasteiger partial charge in [-0.3, -0.25) is 24.5 Å². The van der Waals surface area contributed by atoms with Crippen molar-refractivity contribution in [3.8, 4) is 11.5 Å². The number of alkyl halides is 2. The summed E-state index contributed by atoms with van der Waals surface area (Å²) in [6.07, 6.45) is 3.33. The Balaban J connectivity index is 0.751. The summed E-state index contributed by atoms with van der Waals surface area (Å²) < 4.78 is 44.6. The molecule has 322 valence electrons. The first-order valence-electron chi connectivity index (χ1n) is 19.6. The first-order chi connectivity index (χ1) is 29.5. The normalized spacial score (nSPS) is 16.0. The van der Waals surface area contributed by atoms with E-state index in [1.54, 1.807) is 36.5 Å². The average molecular weight is 848 g/mol. The Morgan fingerprint density at radius 1 is 0.967 bits per heavy atom. The van der Waals surface area contributed by atoms with Gasteiger partial charge in [-0.2, -0.15) is 9.78 Å². The number of nitrogens with one attached hydrogen (secondary N) is 6. The quantitative estimate of drug-likeness (QED) is 0.0588. The number of piperidine rings is 1. The molecule has 22 heteroatoms. The molecule has 0 spiro atoms. The minimum absolute atomic E-state index is 0.0132. The zero-order valence-electron chi connectivity index (χ0n) is 32.7. The summed E-state index contributed by atoms with van der Waals surface area (Å²) in [5.74, 6) is -0.561. The number of hydrogen-bond donors (Lipinski definition) is 6. The summed E-state index contributed by atoms with van der Waals surface area (Å²) in [5, 5.41) is 19.4. The lowest BCUT2D eigenvalue weighted by molar-refractivity contribution is -0.136. The second-order valence-corrected chi connectivity index (χ2v) is 14.4. The first-order valence-corrected chi connectivity index (χ1v) is 19.6. The molecule has 3 aromatic heterocycles. The smallest absolute Gasteiger partial charge is 0.342 e. The summed E-state index contributed by atoms with van der Waals surface area (Å²) in [7, 11) is 0. The van der Waals surface area contributed by atoms with E-state index in [2.05, 4.69) is 47.0 Å². The minimum atomic E-state index is -3.10. The van der Waals surface area contributed by atoms with Crippen molar-refractivity contribution >= 4 is 47.2 Å². The number of ether oxygens (including phenoxy) is 2. The molecule has 3 aliphatic rings. The van der Waals surface area contributed by atoms with Crippen molar-refractivity contribution in [1.82, 2.24) is 45.9 Å². The van der Waals surface area contributed by atoms with E-state index in [9.17, 15) is 37.5 Å². The second kappa shape index (κ2) is 19.5. The molecule has 2 fully saturated rings. The number of anilines is 2. The summed E-state index contributed by atoms with van der Waals surface area (Å²) in [6, 6.07) is 6.61. The second-order valence-electron chi connectivity index (χ2n) is 14.4. The van der Waals surface area contributed by atoms with Crippen molar-refractivity contribution in [3.63, 3.8) is 0 Å². The summed E-state index contributed by atoms with van der Waals surface area (Å²) in [4.78, 5) is 84.4. The van der Waals surface area contributed by atoms with Crippen molar-refractivity contribution in [2.75, 3.05) is 56.7 Å². The number of pyridine rings is 1. The number of nitrogens with zero attached hydrogens (tertiary/aromatic N) is 5. The van der Waals surface area contributed by atoms with Gasteiger partial charge in [0.25, 0.3) is 18.2 Å². The van der Waals surface area contributed by atoms with E-state index in [-0.39, 0.29) is 94.5 Å². The maximum absolute atomic E-state index is 13.8. The molecule has 4 aromatic rings. The Hall–Kier alpha value is -6.81. The maximum atomic E-state index is 13.8. The number of benzene rings is 1. The predicted molar refractivity (Wildman–Crippen MR) is 209 cm³/mol. The van der Waals surface area contributed by atoms with Crippen LogP contribution in [-0.4, -0.2) is 112 Å². The zero-order chi connectivity index (χ0) is 42.9. The molecule has 1 aliphatic carbocycles. The highest BCUT2D eigenvalue weighted by Gasteiger charge is 2.39. The number of halogens is 2. The van der Waals surface area contributed by atoms with Crippen LogP contribution < -0.4 is 31.9 Å². The van der Waals surface area contributed by atoms with Gasteiger partial charge < -0.3 is 45.4 Å². The first kappa shape index (κ1) is 42.3. The molecule has 7 amide bonds. The number of rotatable bonds is 19. The van der Waals surface area contributed by atoms with Crippen LogP contribution in [0.15, 0.2) is 53.4 Å². The lowest BCUT2D eigenvalue weighted by Crippen LogP contribution is -2.52. The Morgan fingerprint density at radius 3 is 2.51 bits per heavy atom. The van der Waals surface area contributed by atoms with E-state index in [0.29, 0.717) is 27.5 Å². The minimum Gasteiger partial charge on any atom is -0.444 e. The Bertz CT molecular complexity index is 2280. The summed E-state index contributed by atoms with van der Waals surface area (Å²) in [5.41, 5.74) is 1.17. The fourth-order valence-electron chi connectivity index (χ4n) is 6.53. The molecule has 7 rings (SSSR count). The van der Waals surface area contributed by atoms with E-state index in [1.807, 2.05) is 0 Å². The van der Waals surface area contributed by atoms with E-state index in [1.165, 1.54) is 17.7 Å². The van der Waals surface area contributed by atoms with Gasteiger partial charge in [0.05, 0.1) is 38.3 Å². The van der Waals surface area contributed by atoms with Gasteiger partial charge in [0.2, 0.25) is 17.7 Å². The highest BCUT2D eigenvalue weighted by Crippen LogP contribution is 2.30. The molecule has 20 nitrogen and oxygen atoms in total. The molecule has 1 unspecified atom stereocenters. The van der Waals surface area contributed by atoms with Gasteiger partial charge in [0.1, 0.15) is 18.1 Å². The molecule has 0 radical (unpaired) electrons. The largest absolute Gasteiger partial charge is 0.444 e. The molecule has 5 heterocycles. The number of fused-ring (bicyclic) bond motifs is 1. The van der Waals surface area contributed by atoms with Crippen LogP contribution in [0.25, 0.3) is 11.5 Å². The van der Waals surface area contributed by atoms with Crippen LogP contribution >= 0.6 is 0 Å². The van der Waals surface area contributed by atoms with Gasteiger partial charge in [-0.25, -0.2) is 28.3 Å². The highest BCUT2D eigenvalue weighted by atomic mass is 19.3. The lowest BCUT2D eigenvalue weighted by atomic mass is 10.0. The third kappa shape index (κ3) is 11.1. The van der Waals surface area contributed by atoms with Gasteiger partial charge >= 0.3 is 12.1 Å². The van der Waals surface area contributed by atoms with E-state index >= 15 is 0 Å². The lowest BCUT2D eigenvalue weighted by Gasteiger charge is -2.29. The molecule has 1 atom stereocenters. The third-order valence-corrected chi connectivity index (χ3v) is 9.89. The highest BCUT2D eigenvalue weighted by molar-refractivity contribution is 6.05. The number of carbonyl (C=O) groups is 6. The number of carbonyl (C=O) groups excluding carboxylic acids is 6. The van der Waals surface area contributed by atoms with E-state index < -0.39 is 42.0 Å². The Labute approximate surface area is 346 Å². The summed E-state index contributed by atoms with van der Waals surface area (Å²) in [6.45, 7) is 2.06. The Kier molecular flexibility index (Phi) is 13.5. The SMILES string of the molecule is O=C1CCC(N2Cc3cc(CNC(=O)NCCOCCOCCNC(=O)n4cc(NC(=O)c5coc(-c6ccnc(NCC7CC7)c6)n5)c(C(F)F)n4)ccc3C2=O)C(=O)N1. The number of oxazole rings is 1. The molecule has 1 saturated heterocycles. The molecule has 61 heavy (non-hydrogen) atoms. The van der Waals surface area contributed by atoms with Crippen LogP contribution in [-0.2, 0) is 32.2 Å². The van der Waals surface area contributed by atoms with Gasteiger partial charge in [0, 0.05) is 56.5 Å². The molecule has 1 saturated carbocycles. The monoisotopic (exact) mass is 847 g/mol. The number of urea groups is 1. The van der Waals surface area contributed by atoms with Crippen LogP contribution in [0.2, 0.25) is 0 Å². The molecule has 6 N–H and O–H groups in total. The molecule has 0 bridgehead atoms. The van der Waals surface area contributed by atoms with Gasteiger partial charge in [-0.1, -0.05) is 12.1 Å². The number of aromatic nitrogens is 4. The maximum Gasteiger partial charge on any atom is 0.342 e. The third-order valence-electron chi connectivity index (χ3n) is 9.89. The number of imide groups is 1.